The number of thiazole rings is 1. The molecule has 0 bridgehead atoms. The molecule has 108 valence electrons. The van der Waals surface area contributed by atoms with Gasteiger partial charge in [0.2, 0.25) is 0 Å². The zero-order valence-corrected chi connectivity index (χ0v) is 13.0. The molecule has 0 amide bonds. The van der Waals surface area contributed by atoms with E-state index >= 15 is 0 Å². The van der Waals surface area contributed by atoms with Crippen LogP contribution in [0.3, 0.4) is 0 Å². The number of ether oxygens (including phenoxy) is 1. The fourth-order valence-corrected chi connectivity index (χ4v) is 3.43. The Morgan fingerprint density at radius 1 is 1.25 bits per heavy atom. The lowest BCUT2D eigenvalue weighted by atomic mass is 10.1. The van der Waals surface area contributed by atoms with Gasteiger partial charge in [-0.3, -0.25) is 0 Å². The number of hydrogen-bond donors (Lipinski definition) is 1. The van der Waals surface area contributed by atoms with Crippen LogP contribution >= 0.6 is 11.3 Å². The van der Waals surface area contributed by atoms with Gasteiger partial charge in [0.1, 0.15) is 11.1 Å². The predicted molar refractivity (Wildman–Crippen MR) is 85.0 cm³/mol. The summed E-state index contributed by atoms with van der Waals surface area (Å²) >= 11 is 1.74. The van der Waals surface area contributed by atoms with Crippen LogP contribution in [0.2, 0.25) is 0 Å². The molecule has 0 aliphatic rings. The van der Waals surface area contributed by atoms with E-state index in [1.807, 2.05) is 25.1 Å². The Kier molecular flexibility index (Phi) is 5.71. The minimum Gasteiger partial charge on any atom is -0.371 e. The smallest absolute Gasteiger partial charge is 0.122 e. The first-order valence-corrected chi connectivity index (χ1v) is 7.98. The molecule has 0 saturated heterocycles. The van der Waals surface area contributed by atoms with Crippen molar-refractivity contribution in [2.45, 2.75) is 32.8 Å². The highest BCUT2D eigenvalue weighted by Crippen LogP contribution is 2.33. The molecule has 0 fully saturated rings. The van der Waals surface area contributed by atoms with Gasteiger partial charge in [0.05, 0.1) is 5.69 Å². The second-order valence-corrected chi connectivity index (χ2v) is 5.70. The highest BCUT2D eigenvalue weighted by atomic mass is 32.1. The van der Waals surface area contributed by atoms with Crippen LogP contribution in [-0.4, -0.2) is 18.1 Å². The van der Waals surface area contributed by atoms with Gasteiger partial charge >= 0.3 is 0 Å². The lowest BCUT2D eigenvalue weighted by molar-refractivity contribution is 0.0597. The molecule has 0 radical (unpaired) electrons. The molecule has 1 heterocycles. The average molecular weight is 290 g/mol. The van der Waals surface area contributed by atoms with Crippen molar-refractivity contribution < 1.29 is 4.74 Å². The first-order chi connectivity index (χ1) is 9.80. The Balaban J connectivity index is 2.37. The first kappa shape index (κ1) is 15.2. The van der Waals surface area contributed by atoms with E-state index in [1.54, 1.807) is 11.3 Å². The van der Waals surface area contributed by atoms with Crippen molar-refractivity contribution in [3.8, 4) is 11.3 Å². The van der Waals surface area contributed by atoms with Crippen LogP contribution in [0.1, 0.15) is 36.3 Å². The van der Waals surface area contributed by atoms with E-state index in [0.29, 0.717) is 13.2 Å². The van der Waals surface area contributed by atoms with E-state index in [0.717, 1.165) is 29.1 Å². The molecule has 0 spiro atoms. The van der Waals surface area contributed by atoms with Gasteiger partial charge in [-0.05, 0) is 26.3 Å². The highest BCUT2D eigenvalue weighted by molar-refractivity contribution is 7.12. The lowest BCUT2D eigenvalue weighted by Gasteiger charge is -2.11. The maximum atomic E-state index is 5.78. The normalized spacial score (nSPS) is 12.6. The third-order valence-electron chi connectivity index (χ3n) is 3.15. The van der Waals surface area contributed by atoms with Crippen molar-refractivity contribution in [1.29, 1.82) is 0 Å². The SMILES string of the molecule is CCOC(CC)c1nc(-c2ccccc2)c(CCN)s1. The van der Waals surface area contributed by atoms with Gasteiger partial charge in [-0.1, -0.05) is 37.3 Å². The molecular formula is C16H22N2OS. The van der Waals surface area contributed by atoms with Crippen LogP contribution in [-0.2, 0) is 11.2 Å². The standard InChI is InChI=1S/C16H22N2OS/c1-3-13(19-4-2)16-18-15(14(20-16)10-11-17)12-8-6-5-7-9-12/h5-9,13H,3-4,10-11,17H2,1-2H3. The molecule has 4 heteroatoms. The van der Waals surface area contributed by atoms with Gasteiger partial charge in [0.25, 0.3) is 0 Å². The van der Waals surface area contributed by atoms with Crippen LogP contribution in [0.25, 0.3) is 11.3 Å². The third-order valence-corrected chi connectivity index (χ3v) is 4.35. The number of nitrogens with zero attached hydrogens (tertiary/aromatic N) is 1. The van der Waals surface area contributed by atoms with E-state index in [9.17, 15) is 0 Å². The molecule has 1 aromatic heterocycles. The number of benzene rings is 1. The van der Waals surface area contributed by atoms with Crippen molar-refractivity contribution in [3.63, 3.8) is 0 Å². The minimum atomic E-state index is 0.0963. The number of hydrogen-bond acceptors (Lipinski definition) is 4. The largest absolute Gasteiger partial charge is 0.371 e. The summed E-state index contributed by atoms with van der Waals surface area (Å²) in [5.41, 5.74) is 7.95. The number of rotatable bonds is 7. The van der Waals surface area contributed by atoms with E-state index in [1.165, 1.54) is 4.88 Å². The van der Waals surface area contributed by atoms with Gasteiger partial charge in [0, 0.05) is 17.0 Å². The lowest BCUT2D eigenvalue weighted by Crippen LogP contribution is -2.02. The molecule has 2 aromatic rings. The van der Waals surface area contributed by atoms with Crippen LogP contribution in [0.5, 0.6) is 0 Å². The Morgan fingerprint density at radius 3 is 2.60 bits per heavy atom. The molecule has 20 heavy (non-hydrogen) atoms. The van der Waals surface area contributed by atoms with Crippen LogP contribution in [0.15, 0.2) is 30.3 Å². The molecule has 1 aromatic carbocycles. The van der Waals surface area contributed by atoms with Crippen molar-refractivity contribution in [2.24, 2.45) is 5.73 Å². The van der Waals surface area contributed by atoms with E-state index < -0.39 is 0 Å². The predicted octanol–water partition coefficient (Wildman–Crippen LogP) is 3.80. The Bertz CT molecular complexity index is 525. The Labute approximate surface area is 124 Å². The third kappa shape index (κ3) is 3.45. The molecule has 2 rings (SSSR count). The summed E-state index contributed by atoms with van der Waals surface area (Å²) < 4.78 is 5.78. The maximum Gasteiger partial charge on any atom is 0.122 e. The molecule has 2 N–H and O–H groups in total. The molecule has 3 nitrogen and oxygen atoms in total. The minimum absolute atomic E-state index is 0.0963. The summed E-state index contributed by atoms with van der Waals surface area (Å²) in [7, 11) is 0. The number of aromatic nitrogens is 1. The van der Waals surface area contributed by atoms with Crippen molar-refractivity contribution in [2.75, 3.05) is 13.2 Å². The summed E-state index contributed by atoms with van der Waals surface area (Å²) in [4.78, 5) is 6.08. The average Bonchev–Trinajstić information content (AvgIpc) is 2.90. The first-order valence-electron chi connectivity index (χ1n) is 7.16. The summed E-state index contributed by atoms with van der Waals surface area (Å²) in [5.74, 6) is 0. The van der Waals surface area contributed by atoms with Crippen molar-refractivity contribution in [1.82, 2.24) is 4.98 Å². The molecule has 1 unspecified atom stereocenters. The summed E-state index contributed by atoms with van der Waals surface area (Å²) in [6.07, 6.45) is 1.90. The Morgan fingerprint density at radius 2 is 2.00 bits per heavy atom. The van der Waals surface area contributed by atoms with E-state index in [2.05, 4.69) is 19.1 Å². The molecule has 0 saturated carbocycles. The zero-order valence-electron chi connectivity index (χ0n) is 12.1. The fourth-order valence-electron chi connectivity index (χ4n) is 2.19. The summed E-state index contributed by atoms with van der Waals surface area (Å²) in [6, 6.07) is 10.3. The van der Waals surface area contributed by atoms with Gasteiger partial charge < -0.3 is 10.5 Å². The van der Waals surface area contributed by atoms with Crippen LogP contribution in [0, 0.1) is 0 Å². The zero-order chi connectivity index (χ0) is 14.4. The Hall–Kier alpha value is -1.23. The van der Waals surface area contributed by atoms with Crippen molar-refractivity contribution in [3.05, 3.63) is 40.2 Å². The highest BCUT2D eigenvalue weighted by Gasteiger charge is 2.18. The second kappa shape index (κ2) is 7.53. The molecule has 0 aliphatic heterocycles. The van der Waals surface area contributed by atoms with E-state index in [-0.39, 0.29) is 6.10 Å². The van der Waals surface area contributed by atoms with Crippen LogP contribution < -0.4 is 5.73 Å². The monoisotopic (exact) mass is 290 g/mol. The fraction of sp³-hybridized carbons (Fsp3) is 0.438. The van der Waals surface area contributed by atoms with E-state index in [4.69, 9.17) is 15.5 Å². The molecule has 1 atom stereocenters. The van der Waals surface area contributed by atoms with Gasteiger partial charge in [-0.2, -0.15) is 0 Å². The maximum absolute atomic E-state index is 5.78. The summed E-state index contributed by atoms with van der Waals surface area (Å²) in [6.45, 7) is 5.51. The van der Waals surface area contributed by atoms with Crippen LogP contribution in [0.4, 0.5) is 0 Å². The second-order valence-electron chi connectivity index (χ2n) is 4.58. The van der Waals surface area contributed by atoms with Gasteiger partial charge in [0.15, 0.2) is 0 Å². The topological polar surface area (TPSA) is 48.1 Å². The van der Waals surface area contributed by atoms with Gasteiger partial charge in [-0.25, -0.2) is 4.98 Å². The summed E-state index contributed by atoms with van der Waals surface area (Å²) in [5, 5.41) is 1.07. The number of nitrogens with two attached hydrogens (primary N) is 1. The van der Waals surface area contributed by atoms with Gasteiger partial charge in [-0.15, -0.1) is 11.3 Å². The van der Waals surface area contributed by atoms with Crippen molar-refractivity contribution >= 4 is 11.3 Å². The quantitative estimate of drug-likeness (QED) is 0.843. The molecule has 0 aliphatic carbocycles. The molecular weight excluding hydrogens is 268 g/mol.